The van der Waals surface area contributed by atoms with Gasteiger partial charge < -0.3 is 10.1 Å². The van der Waals surface area contributed by atoms with Gasteiger partial charge in [0.25, 0.3) is 0 Å². The number of carbonyl (C=O) groups excluding carboxylic acids is 1. The Balaban J connectivity index is 1.42. The number of amides is 1. The molecule has 1 N–H and O–H groups in total. The largest absolute Gasteiger partial charge is 0.496 e. The van der Waals surface area contributed by atoms with Crippen LogP contribution in [0.5, 0.6) is 5.75 Å². The average Bonchev–Trinajstić information content (AvgIpc) is 2.73. The molecule has 1 aliphatic heterocycles. The Labute approximate surface area is 166 Å². The minimum Gasteiger partial charge on any atom is -0.496 e. The Morgan fingerprint density at radius 2 is 2.00 bits per heavy atom. The predicted molar refractivity (Wildman–Crippen MR) is 109 cm³/mol. The molecule has 0 saturated carbocycles. The standard InChI is InChI=1S/C23H29FN2O2/c1-28-22-9-3-2-6-19(22)7-4-14-25-23(27)20-8-5-15-26(17-20)16-18-10-12-21(24)13-11-18/h2-3,6,9-13,20H,4-5,7-8,14-17H2,1H3,(H,25,27)/t20-/m1/s1. The Morgan fingerprint density at radius 3 is 2.79 bits per heavy atom. The minimum absolute atomic E-state index is 0.0282. The van der Waals surface area contributed by atoms with Gasteiger partial charge in [-0.1, -0.05) is 30.3 Å². The number of carbonyl (C=O) groups is 1. The van der Waals surface area contributed by atoms with Gasteiger partial charge in [0, 0.05) is 19.6 Å². The van der Waals surface area contributed by atoms with Gasteiger partial charge in [-0.3, -0.25) is 9.69 Å². The molecule has 150 valence electrons. The SMILES string of the molecule is COc1ccccc1CCCNC(=O)[C@@H]1CCCN(Cc2ccc(F)cc2)C1. The first-order valence-electron chi connectivity index (χ1n) is 10.0. The molecule has 28 heavy (non-hydrogen) atoms. The van der Waals surface area contributed by atoms with Gasteiger partial charge in [0.05, 0.1) is 13.0 Å². The van der Waals surface area contributed by atoms with E-state index in [0.29, 0.717) is 6.54 Å². The molecule has 0 aromatic heterocycles. The first-order valence-corrected chi connectivity index (χ1v) is 10.0. The maximum absolute atomic E-state index is 13.1. The van der Waals surface area contributed by atoms with Gasteiger partial charge in [0.2, 0.25) is 5.91 Å². The van der Waals surface area contributed by atoms with Crippen molar-refractivity contribution in [2.75, 3.05) is 26.7 Å². The topological polar surface area (TPSA) is 41.6 Å². The van der Waals surface area contributed by atoms with Crippen LogP contribution in [0.25, 0.3) is 0 Å². The number of hydrogen-bond acceptors (Lipinski definition) is 3. The molecule has 0 spiro atoms. The summed E-state index contributed by atoms with van der Waals surface area (Å²) in [4.78, 5) is 14.9. The first-order chi connectivity index (χ1) is 13.7. The normalized spacial score (nSPS) is 17.3. The summed E-state index contributed by atoms with van der Waals surface area (Å²) in [6, 6.07) is 14.6. The summed E-state index contributed by atoms with van der Waals surface area (Å²) in [5.74, 6) is 0.856. The molecule has 0 radical (unpaired) electrons. The maximum Gasteiger partial charge on any atom is 0.224 e. The lowest BCUT2D eigenvalue weighted by Crippen LogP contribution is -2.42. The van der Waals surface area contributed by atoms with E-state index in [4.69, 9.17) is 4.74 Å². The number of likely N-dealkylation sites (tertiary alicyclic amines) is 1. The average molecular weight is 384 g/mol. The van der Waals surface area contributed by atoms with Crippen LogP contribution < -0.4 is 10.1 Å². The number of methoxy groups -OCH3 is 1. The highest BCUT2D eigenvalue weighted by atomic mass is 19.1. The van der Waals surface area contributed by atoms with Crippen molar-refractivity contribution in [2.45, 2.75) is 32.2 Å². The zero-order chi connectivity index (χ0) is 19.8. The second kappa shape index (κ2) is 10.2. The fourth-order valence-electron chi connectivity index (χ4n) is 3.81. The highest BCUT2D eigenvalue weighted by Crippen LogP contribution is 2.20. The van der Waals surface area contributed by atoms with Crippen molar-refractivity contribution in [2.24, 2.45) is 5.92 Å². The Morgan fingerprint density at radius 1 is 1.21 bits per heavy atom. The summed E-state index contributed by atoms with van der Waals surface area (Å²) < 4.78 is 18.4. The van der Waals surface area contributed by atoms with Crippen LogP contribution in [-0.4, -0.2) is 37.6 Å². The van der Waals surface area contributed by atoms with Gasteiger partial charge in [-0.25, -0.2) is 4.39 Å². The molecule has 0 aliphatic carbocycles. The van der Waals surface area contributed by atoms with Crippen LogP contribution in [0.15, 0.2) is 48.5 Å². The number of para-hydroxylation sites is 1. The van der Waals surface area contributed by atoms with Gasteiger partial charge in [-0.2, -0.15) is 0 Å². The molecule has 3 rings (SSSR count). The van der Waals surface area contributed by atoms with Gasteiger partial charge in [0.1, 0.15) is 11.6 Å². The molecule has 1 atom stereocenters. The third-order valence-electron chi connectivity index (χ3n) is 5.31. The molecule has 4 nitrogen and oxygen atoms in total. The number of rotatable bonds is 8. The van der Waals surface area contributed by atoms with Crippen molar-refractivity contribution in [1.82, 2.24) is 10.2 Å². The minimum atomic E-state index is -0.215. The molecule has 5 heteroatoms. The summed E-state index contributed by atoms with van der Waals surface area (Å²) in [7, 11) is 1.68. The number of piperidine rings is 1. The summed E-state index contributed by atoms with van der Waals surface area (Å²) >= 11 is 0. The highest BCUT2D eigenvalue weighted by Gasteiger charge is 2.25. The fourth-order valence-corrected chi connectivity index (χ4v) is 3.81. The number of nitrogens with zero attached hydrogens (tertiary/aromatic N) is 1. The first kappa shape index (κ1) is 20.3. The van der Waals surface area contributed by atoms with E-state index in [0.717, 1.165) is 56.6 Å². The van der Waals surface area contributed by atoms with Crippen molar-refractivity contribution in [3.05, 3.63) is 65.5 Å². The lowest BCUT2D eigenvalue weighted by Gasteiger charge is -2.32. The van der Waals surface area contributed by atoms with Gasteiger partial charge in [-0.05, 0) is 61.6 Å². The van der Waals surface area contributed by atoms with Gasteiger partial charge >= 0.3 is 0 Å². The quantitative estimate of drug-likeness (QED) is 0.704. The number of aryl methyl sites for hydroxylation is 1. The Kier molecular flexibility index (Phi) is 7.43. The van der Waals surface area contributed by atoms with E-state index in [9.17, 15) is 9.18 Å². The third-order valence-corrected chi connectivity index (χ3v) is 5.31. The molecule has 1 amide bonds. The summed E-state index contributed by atoms with van der Waals surface area (Å²) in [6.07, 6.45) is 3.71. The molecule has 2 aromatic rings. The summed E-state index contributed by atoms with van der Waals surface area (Å²) in [5, 5.41) is 3.10. The second-order valence-corrected chi connectivity index (χ2v) is 7.41. The Bertz CT molecular complexity index is 763. The van der Waals surface area contributed by atoms with Crippen LogP contribution in [0.3, 0.4) is 0 Å². The molecule has 1 fully saturated rings. The Hall–Kier alpha value is -2.40. The zero-order valence-corrected chi connectivity index (χ0v) is 16.5. The monoisotopic (exact) mass is 384 g/mol. The van der Waals surface area contributed by atoms with Crippen LogP contribution >= 0.6 is 0 Å². The molecule has 0 unspecified atom stereocenters. The second-order valence-electron chi connectivity index (χ2n) is 7.41. The lowest BCUT2D eigenvalue weighted by atomic mass is 9.96. The van der Waals surface area contributed by atoms with E-state index < -0.39 is 0 Å². The number of benzene rings is 2. The fraction of sp³-hybridized carbons (Fsp3) is 0.435. The summed E-state index contributed by atoms with van der Waals surface area (Å²) in [6.45, 7) is 3.17. The number of nitrogens with one attached hydrogen (secondary N) is 1. The molecule has 1 aliphatic rings. The van der Waals surface area contributed by atoms with E-state index in [-0.39, 0.29) is 17.6 Å². The van der Waals surface area contributed by atoms with Crippen LogP contribution in [0, 0.1) is 11.7 Å². The predicted octanol–water partition coefficient (Wildman–Crippen LogP) is 3.80. The van der Waals surface area contributed by atoms with Crippen LogP contribution in [0.1, 0.15) is 30.4 Å². The van der Waals surface area contributed by atoms with Gasteiger partial charge in [-0.15, -0.1) is 0 Å². The number of halogens is 1. The van der Waals surface area contributed by atoms with E-state index in [1.165, 1.54) is 17.7 Å². The molecule has 2 aromatic carbocycles. The van der Waals surface area contributed by atoms with E-state index in [2.05, 4.69) is 16.3 Å². The molecule has 1 saturated heterocycles. The molecular weight excluding hydrogens is 355 g/mol. The van der Waals surface area contributed by atoms with E-state index in [1.807, 2.05) is 30.3 Å². The van der Waals surface area contributed by atoms with Crippen LogP contribution in [-0.2, 0) is 17.8 Å². The number of hydrogen-bond donors (Lipinski definition) is 1. The molecular formula is C23H29FN2O2. The molecule has 0 bridgehead atoms. The van der Waals surface area contributed by atoms with Crippen LogP contribution in [0.4, 0.5) is 4.39 Å². The van der Waals surface area contributed by atoms with Crippen molar-refractivity contribution in [1.29, 1.82) is 0 Å². The van der Waals surface area contributed by atoms with Crippen molar-refractivity contribution < 1.29 is 13.9 Å². The maximum atomic E-state index is 13.1. The van der Waals surface area contributed by atoms with Crippen molar-refractivity contribution >= 4 is 5.91 Å². The van der Waals surface area contributed by atoms with Crippen molar-refractivity contribution in [3.8, 4) is 5.75 Å². The van der Waals surface area contributed by atoms with Crippen molar-refractivity contribution in [3.63, 3.8) is 0 Å². The lowest BCUT2D eigenvalue weighted by molar-refractivity contribution is -0.126. The number of ether oxygens (including phenoxy) is 1. The van der Waals surface area contributed by atoms with Crippen LogP contribution in [0.2, 0.25) is 0 Å². The van der Waals surface area contributed by atoms with E-state index >= 15 is 0 Å². The molecule has 1 heterocycles. The van der Waals surface area contributed by atoms with Gasteiger partial charge in [0.15, 0.2) is 0 Å². The third kappa shape index (κ3) is 5.80. The summed E-state index contributed by atoms with van der Waals surface area (Å²) in [5.41, 5.74) is 2.25. The highest BCUT2D eigenvalue weighted by molar-refractivity contribution is 5.78. The van der Waals surface area contributed by atoms with E-state index in [1.54, 1.807) is 7.11 Å². The smallest absolute Gasteiger partial charge is 0.224 e. The zero-order valence-electron chi connectivity index (χ0n) is 16.5.